The van der Waals surface area contributed by atoms with Crippen molar-refractivity contribution in [2.45, 2.75) is 26.3 Å². The van der Waals surface area contributed by atoms with Gasteiger partial charge in [-0.15, -0.1) is 0 Å². The third-order valence-corrected chi connectivity index (χ3v) is 4.72. The first-order chi connectivity index (χ1) is 15.4. The fourth-order valence-electron chi connectivity index (χ4n) is 2.97. The molecule has 0 aliphatic heterocycles. The zero-order valence-corrected chi connectivity index (χ0v) is 18.9. The minimum Gasteiger partial charge on any atom is -0.496 e. The molecular formula is C22H21ClF2N4O4. The van der Waals surface area contributed by atoms with Crippen molar-refractivity contribution in [3.63, 3.8) is 0 Å². The van der Waals surface area contributed by atoms with Crippen molar-refractivity contribution < 1.29 is 27.8 Å². The first-order valence-corrected chi connectivity index (χ1v) is 10.00. The zero-order valence-electron chi connectivity index (χ0n) is 18.2. The lowest BCUT2D eigenvalue weighted by Crippen LogP contribution is -2.43. The van der Waals surface area contributed by atoms with Crippen molar-refractivity contribution in [3.8, 4) is 17.2 Å². The van der Waals surface area contributed by atoms with Crippen molar-refractivity contribution in [2.24, 2.45) is 5.73 Å². The van der Waals surface area contributed by atoms with Gasteiger partial charge in [-0.1, -0.05) is 11.6 Å². The summed E-state index contributed by atoms with van der Waals surface area (Å²) in [5.41, 5.74) is 4.90. The van der Waals surface area contributed by atoms with Gasteiger partial charge in [0.1, 0.15) is 16.5 Å². The predicted molar refractivity (Wildman–Crippen MR) is 120 cm³/mol. The number of nitrogens with one attached hydrogen (secondary N) is 2. The molecule has 0 spiro atoms. The van der Waals surface area contributed by atoms with Gasteiger partial charge in [0.15, 0.2) is 17.4 Å². The summed E-state index contributed by atoms with van der Waals surface area (Å²) in [5.74, 6) is -3.74. The summed E-state index contributed by atoms with van der Waals surface area (Å²) in [5, 5.41) is 4.61. The van der Waals surface area contributed by atoms with Crippen LogP contribution in [-0.4, -0.2) is 29.6 Å². The van der Waals surface area contributed by atoms with Gasteiger partial charge in [-0.3, -0.25) is 9.78 Å². The van der Waals surface area contributed by atoms with Gasteiger partial charge in [-0.25, -0.2) is 13.6 Å². The van der Waals surface area contributed by atoms with Crippen LogP contribution in [0.4, 0.5) is 19.3 Å². The van der Waals surface area contributed by atoms with Crippen LogP contribution < -0.4 is 25.8 Å². The van der Waals surface area contributed by atoms with Crippen LogP contribution in [0.25, 0.3) is 10.9 Å². The summed E-state index contributed by atoms with van der Waals surface area (Å²) in [6.07, 6.45) is 1.35. The van der Waals surface area contributed by atoms with E-state index in [0.717, 1.165) is 6.07 Å². The van der Waals surface area contributed by atoms with Gasteiger partial charge in [0.05, 0.1) is 23.9 Å². The molecule has 0 bridgehead atoms. The van der Waals surface area contributed by atoms with Crippen molar-refractivity contribution in [3.05, 3.63) is 52.7 Å². The zero-order chi connectivity index (χ0) is 24.5. The summed E-state index contributed by atoms with van der Waals surface area (Å²) in [6, 6.07) is 4.30. The number of benzene rings is 2. The van der Waals surface area contributed by atoms with Gasteiger partial charge in [-0.2, -0.15) is 0 Å². The number of nitrogens with two attached hydrogens (primary N) is 1. The highest BCUT2D eigenvalue weighted by molar-refractivity contribution is 6.34. The van der Waals surface area contributed by atoms with Gasteiger partial charge in [0.25, 0.3) is 5.91 Å². The summed E-state index contributed by atoms with van der Waals surface area (Å²) in [6.45, 7) is 5.22. The molecule has 0 fully saturated rings. The number of ether oxygens (including phenoxy) is 2. The van der Waals surface area contributed by atoms with Crippen molar-refractivity contribution >= 4 is 40.1 Å². The number of aromatic nitrogens is 1. The number of carbonyl (C=O) groups excluding carboxylic acids is 2. The van der Waals surface area contributed by atoms with Crippen LogP contribution in [0.2, 0.25) is 5.02 Å². The number of rotatable bonds is 5. The fourth-order valence-corrected chi connectivity index (χ4v) is 3.15. The summed E-state index contributed by atoms with van der Waals surface area (Å²) in [4.78, 5) is 28.0. The molecular weight excluding hydrogens is 458 g/mol. The SMILES string of the molecule is COc1cc2nccc(Oc3c(F)cc(NC(=O)NC(C)(C)C)c(Cl)c3F)c2cc1C(N)=O. The number of urea groups is 1. The normalized spacial score (nSPS) is 11.2. The molecule has 11 heteroatoms. The number of nitrogens with zero attached hydrogens (tertiary/aromatic N) is 1. The number of hydrogen-bond acceptors (Lipinski definition) is 5. The Morgan fingerprint density at radius 2 is 1.85 bits per heavy atom. The van der Waals surface area contributed by atoms with E-state index in [0.29, 0.717) is 5.52 Å². The van der Waals surface area contributed by atoms with E-state index in [4.69, 9.17) is 26.8 Å². The van der Waals surface area contributed by atoms with Gasteiger partial charge < -0.3 is 25.8 Å². The molecule has 3 aromatic rings. The van der Waals surface area contributed by atoms with Crippen LogP contribution in [0.15, 0.2) is 30.5 Å². The molecule has 0 saturated heterocycles. The minimum absolute atomic E-state index is 0.00907. The molecule has 174 valence electrons. The number of pyridine rings is 1. The number of carbonyl (C=O) groups is 2. The highest BCUT2D eigenvalue weighted by atomic mass is 35.5. The predicted octanol–water partition coefficient (Wildman–Crippen LogP) is 4.99. The topological polar surface area (TPSA) is 116 Å². The van der Waals surface area contributed by atoms with Crippen LogP contribution >= 0.6 is 11.6 Å². The van der Waals surface area contributed by atoms with E-state index in [1.54, 1.807) is 20.8 Å². The molecule has 0 aliphatic rings. The Morgan fingerprint density at radius 3 is 2.45 bits per heavy atom. The molecule has 3 amide bonds. The smallest absolute Gasteiger partial charge is 0.319 e. The van der Waals surface area contributed by atoms with Crippen molar-refractivity contribution in [1.29, 1.82) is 0 Å². The highest BCUT2D eigenvalue weighted by Crippen LogP contribution is 2.39. The first kappa shape index (κ1) is 24.0. The van der Waals surface area contributed by atoms with E-state index in [1.807, 2.05) is 0 Å². The molecule has 3 rings (SSSR count). The van der Waals surface area contributed by atoms with E-state index >= 15 is 0 Å². The lowest BCUT2D eigenvalue weighted by Gasteiger charge is -2.21. The van der Waals surface area contributed by atoms with Crippen LogP contribution in [0, 0.1) is 11.6 Å². The number of amides is 3. The third-order valence-electron chi connectivity index (χ3n) is 4.35. The van der Waals surface area contributed by atoms with E-state index < -0.39 is 39.9 Å². The minimum atomic E-state index is -1.23. The third kappa shape index (κ3) is 5.23. The highest BCUT2D eigenvalue weighted by Gasteiger charge is 2.23. The number of primary amides is 1. The Hall–Kier alpha value is -3.66. The van der Waals surface area contributed by atoms with E-state index in [1.165, 1.54) is 31.5 Å². The quantitative estimate of drug-likeness (QED) is 0.447. The Bertz CT molecular complexity index is 1260. The monoisotopic (exact) mass is 478 g/mol. The summed E-state index contributed by atoms with van der Waals surface area (Å²) >= 11 is 6.02. The Balaban J connectivity index is 2.02. The number of methoxy groups -OCH3 is 1. The van der Waals surface area contributed by atoms with Gasteiger partial charge in [0.2, 0.25) is 0 Å². The standard InChI is InChI=1S/C22H21ClF2N4O4/c1-22(2,3)29-21(31)28-14-8-12(24)19(18(25)17(14)23)33-15-5-6-27-13-9-16(32-4)11(20(26)30)7-10(13)15/h5-9H,1-4H3,(H2,26,30)(H2,28,29,31). The molecule has 0 atom stereocenters. The average molecular weight is 479 g/mol. The first-order valence-electron chi connectivity index (χ1n) is 9.62. The van der Waals surface area contributed by atoms with E-state index in [9.17, 15) is 18.4 Å². The number of fused-ring (bicyclic) bond motifs is 1. The number of hydrogen-bond donors (Lipinski definition) is 3. The average Bonchev–Trinajstić information content (AvgIpc) is 2.72. The summed E-state index contributed by atoms with van der Waals surface area (Å²) in [7, 11) is 1.36. The van der Waals surface area contributed by atoms with E-state index in [2.05, 4.69) is 15.6 Å². The molecule has 2 aromatic carbocycles. The van der Waals surface area contributed by atoms with Crippen LogP contribution in [0.3, 0.4) is 0 Å². The lowest BCUT2D eigenvalue weighted by atomic mass is 10.1. The van der Waals surface area contributed by atoms with Crippen LogP contribution in [0.5, 0.6) is 17.2 Å². The Morgan fingerprint density at radius 1 is 1.15 bits per heavy atom. The van der Waals surface area contributed by atoms with Gasteiger partial charge in [-0.05, 0) is 32.9 Å². The van der Waals surface area contributed by atoms with Crippen molar-refractivity contribution in [1.82, 2.24) is 10.3 Å². The molecule has 8 nitrogen and oxygen atoms in total. The largest absolute Gasteiger partial charge is 0.496 e. The molecule has 0 aliphatic carbocycles. The van der Waals surface area contributed by atoms with Crippen molar-refractivity contribution in [2.75, 3.05) is 12.4 Å². The van der Waals surface area contributed by atoms with Gasteiger partial charge >= 0.3 is 6.03 Å². The number of halogens is 3. The van der Waals surface area contributed by atoms with Crippen LogP contribution in [0.1, 0.15) is 31.1 Å². The van der Waals surface area contributed by atoms with E-state index in [-0.39, 0.29) is 28.1 Å². The molecule has 4 N–H and O–H groups in total. The molecule has 0 unspecified atom stereocenters. The molecule has 1 aromatic heterocycles. The fraction of sp³-hybridized carbons (Fsp3) is 0.227. The Labute approximate surface area is 193 Å². The second-order valence-electron chi connectivity index (χ2n) is 8.04. The molecule has 33 heavy (non-hydrogen) atoms. The summed E-state index contributed by atoms with van der Waals surface area (Å²) < 4.78 is 40.4. The lowest BCUT2D eigenvalue weighted by molar-refractivity contribution is 0.0997. The molecule has 0 saturated carbocycles. The van der Waals surface area contributed by atoms with Gasteiger partial charge in [0, 0.05) is 29.3 Å². The second-order valence-corrected chi connectivity index (χ2v) is 8.42. The maximum absolute atomic E-state index is 14.9. The maximum atomic E-state index is 14.9. The maximum Gasteiger partial charge on any atom is 0.319 e. The molecule has 1 heterocycles. The molecule has 0 radical (unpaired) electrons. The Kier molecular flexibility index (Phi) is 6.59. The van der Waals surface area contributed by atoms with Crippen LogP contribution in [-0.2, 0) is 0 Å². The number of anilines is 1. The second kappa shape index (κ2) is 9.07.